The zero-order valence-electron chi connectivity index (χ0n) is 12.4. The SMILES string of the molecule is CCCN(CCC)CCCOc1ccc(C(=O)Cl)cc1. The Morgan fingerprint density at radius 2 is 1.70 bits per heavy atom. The molecule has 0 radical (unpaired) electrons. The van der Waals surface area contributed by atoms with E-state index >= 15 is 0 Å². The van der Waals surface area contributed by atoms with Crippen LogP contribution in [0, 0.1) is 0 Å². The number of hydrogen-bond acceptors (Lipinski definition) is 3. The number of carbonyl (C=O) groups is 1. The molecule has 0 saturated carbocycles. The first-order valence-corrected chi connectivity index (χ1v) is 7.70. The molecule has 112 valence electrons. The molecule has 0 atom stereocenters. The lowest BCUT2D eigenvalue weighted by molar-refractivity contribution is 0.108. The van der Waals surface area contributed by atoms with E-state index in [-0.39, 0.29) is 0 Å². The molecule has 0 unspecified atom stereocenters. The van der Waals surface area contributed by atoms with E-state index in [9.17, 15) is 4.79 Å². The van der Waals surface area contributed by atoms with Gasteiger partial charge in [-0.2, -0.15) is 0 Å². The van der Waals surface area contributed by atoms with Crippen LogP contribution in [0.2, 0.25) is 0 Å². The van der Waals surface area contributed by atoms with E-state index in [1.165, 1.54) is 12.8 Å². The van der Waals surface area contributed by atoms with E-state index < -0.39 is 5.24 Å². The van der Waals surface area contributed by atoms with Gasteiger partial charge in [0.1, 0.15) is 5.75 Å². The van der Waals surface area contributed by atoms with Crippen molar-refractivity contribution >= 4 is 16.8 Å². The van der Waals surface area contributed by atoms with Gasteiger partial charge < -0.3 is 9.64 Å². The first kappa shape index (κ1) is 17.0. The summed E-state index contributed by atoms with van der Waals surface area (Å²) in [4.78, 5) is 13.4. The summed E-state index contributed by atoms with van der Waals surface area (Å²) in [5, 5.41) is -0.439. The zero-order chi connectivity index (χ0) is 14.8. The maximum absolute atomic E-state index is 10.9. The first-order chi connectivity index (χ1) is 9.67. The van der Waals surface area contributed by atoms with Crippen molar-refractivity contribution in [3.63, 3.8) is 0 Å². The summed E-state index contributed by atoms with van der Waals surface area (Å²) in [6, 6.07) is 6.94. The van der Waals surface area contributed by atoms with Crippen molar-refractivity contribution < 1.29 is 9.53 Å². The van der Waals surface area contributed by atoms with E-state index in [1.54, 1.807) is 24.3 Å². The van der Waals surface area contributed by atoms with Gasteiger partial charge in [0.05, 0.1) is 6.61 Å². The van der Waals surface area contributed by atoms with Crippen LogP contribution in [0.15, 0.2) is 24.3 Å². The largest absolute Gasteiger partial charge is 0.494 e. The van der Waals surface area contributed by atoms with Crippen LogP contribution in [0.1, 0.15) is 43.5 Å². The maximum atomic E-state index is 10.9. The molecule has 0 spiro atoms. The summed E-state index contributed by atoms with van der Waals surface area (Å²) in [5.41, 5.74) is 0.496. The van der Waals surface area contributed by atoms with Gasteiger partial charge in [-0.15, -0.1) is 0 Å². The first-order valence-electron chi connectivity index (χ1n) is 7.32. The second-order valence-electron chi connectivity index (χ2n) is 4.84. The number of ether oxygens (including phenoxy) is 1. The van der Waals surface area contributed by atoms with Gasteiger partial charge in [0.25, 0.3) is 5.24 Å². The Balaban J connectivity index is 2.27. The van der Waals surface area contributed by atoms with Crippen molar-refractivity contribution in [1.29, 1.82) is 0 Å². The topological polar surface area (TPSA) is 29.5 Å². The standard InChI is InChI=1S/C16H24ClNO2/c1-3-10-18(11-4-2)12-5-13-20-15-8-6-14(7-9-15)16(17)19/h6-9H,3-5,10-13H2,1-2H3. The molecule has 0 N–H and O–H groups in total. The average molecular weight is 298 g/mol. The highest BCUT2D eigenvalue weighted by Gasteiger charge is 2.03. The van der Waals surface area contributed by atoms with E-state index in [0.29, 0.717) is 12.2 Å². The average Bonchev–Trinajstić information content (AvgIpc) is 2.44. The number of nitrogens with zero attached hydrogens (tertiary/aromatic N) is 1. The van der Waals surface area contributed by atoms with Crippen molar-refractivity contribution in [3.8, 4) is 5.75 Å². The predicted molar refractivity (Wildman–Crippen MR) is 83.8 cm³/mol. The summed E-state index contributed by atoms with van der Waals surface area (Å²) in [5.74, 6) is 0.782. The monoisotopic (exact) mass is 297 g/mol. The highest BCUT2D eigenvalue weighted by atomic mass is 35.5. The Bertz CT molecular complexity index is 386. The van der Waals surface area contributed by atoms with Gasteiger partial charge in [-0.25, -0.2) is 0 Å². The molecule has 0 saturated heterocycles. The minimum Gasteiger partial charge on any atom is -0.494 e. The Morgan fingerprint density at radius 3 is 2.20 bits per heavy atom. The lowest BCUT2D eigenvalue weighted by Crippen LogP contribution is -2.27. The fraction of sp³-hybridized carbons (Fsp3) is 0.562. The molecule has 1 aromatic rings. The molecule has 0 aliphatic heterocycles. The molecule has 0 fully saturated rings. The van der Waals surface area contributed by atoms with Crippen LogP contribution in [0.4, 0.5) is 0 Å². The van der Waals surface area contributed by atoms with Crippen LogP contribution in [0.3, 0.4) is 0 Å². The highest BCUT2D eigenvalue weighted by Crippen LogP contribution is 2.13. The molecule has 0 bridgehead atoms. The summed E-state index contributed by atoms with van der Waals surface area (Å²) >= 11 is 5.39. The minimum absolute atomic E-state index is 0.439. The van der Waals surface area contributed by atoms with Gasteiger partial charge in [0, 0.05) is 12.1 Å². The van der Waals surface area contributed by atoms with Gasteiger partial charge >= 0.3 is 0 Å². The molecule has 0 aliphatic carbocycles. The number of rotatable bonds is 10. The third-order valence-electron chi connectivity index (χ3n) is 3.05. The van der Waals surface area contributed by atoms with Crippen LogP contribution in [-0.4, -0.2) is 36.4 Å². The van der Waals surface area contributed by atoms with Gasteiger partial charge in [0.15, 0.2) is 0 Å². The molecule has 3 nitrogen and oxygen atoms in total. The van der Waals surface area contributed by atoms with Crippen LogP contribution >= 0.6 is 11.6 Å². The summed E-state index contributed by atoms with van der Waals surface area (Å²) in [6.07, 6.45) is 3.39. The quantitative estimate of drug-likeness (QED) is 0.484. The minimum atomic E-state index is -0.439. The molecule has 0 heterocycles. The Labute approximate surface area is 126 Å². The Kier molecular flexibility index (Phi) is 8.31. The molecule has 0 aliphatic rings. The molecular weight excluding hydrogens is 274 g/mol. The molecule has 0 aromatic heterocycles. The van der Waals surface area contributed by atoms with E-state index in [2.05, 4.69) is 18.7 Å². The normalized spacial score (nSPS) is 10.8. The fourth-order valence-corrected chi connectivity index (χ4v) is 2.25. The maximum Gasteiger partial charge on any atom is 0.252 e. The Hall–Kier alpha value is -1.06. The van der Waals surface area contributed by atoms with Gasteiger partial charge in [-0.1, -0.05) is 13.8 Å². The molecule has 20 heavy (non-hydrogen) atoms. The van der Waals surface area contributed by atoms with Crippen molar-refractivity contribution in [2.24, 2.45) is 0 Å². The summed E-state index contributed by atoms with van der Waals surface area (Å²) in [7, 11) is 0. The fourth-order valence-electron chi connectivity index (χ4n) is 2.13. The van der Waals surface area contributed by atoms with Gasteiger partial charge in [-0.3, -0.25) is 4.79 Å². The van der Waals surface area contributed by atoms with E-state index in [1.807, 2.05) is 0 Å². The highest BCUT2D eigenvalue weighted by molar-refractivity contribution is 6.67. The molecule has 1 rings (SSSR count). The molecular formula is C16H24ClNO2. The van der Waals surface area contributed by atoms with Crippen LogP contribution in [0.25, 0.3) is 0 Å². The summed E-state index contributed by atoms with van der Waals surface area (Å²) < 4.78 is 5.67. The molecule has 4 heteroatoms. The second kappa shape index (κ2) is 9.78. The second-order valence-corrected chi connectivity index (χ2v) is 5.19. The zero-order valence-corrected chi connectivity index (χ0v) is 13.2. The van der Waals surface area contributed by atoms with Crippen molar-refractivity contribution in [2.75, 3.05) is 26.2 Å². The number of hydrogen-bond donors (Lipinski definition) is 0. The Morgan fingerprint density at radius 1 is 1.10 bits per heavy atom. The number of halogens is 1. The smallest absolute Gasteiger partial charge is 0.252 e. The van der Waals surface area contributed by atoms with E-state index in [0.717, 1.165) is 31.8 Å². The van der Waals surface area contributed by atoms with Crippen LogP contribution < -0.4 is 4.74 Å². The van der Waals surface area contributed by atoms with Gasteiger partial charge in [0.2, 0.25) is 0 Å². The van der Waals surface area contributed by atoms with Gasteiger partial charge in [-0.05, 0) is 68.2 Å². The molecule has 1 aromatic carbocycles. The third kappa shape index (κ3) is 6.40. The van der Waals surface area contributed by atoms with E-state index in [4.69, 9.17) is 16.3 Å². The van der Waals surface area contributed by atoms with Crippen LogP contribution in [0.5, 0.6) is 5.75 Å². The number of carbonyl (C=O) groups excluding carboxylic acids is 1. The van der Waals surface area contributed by atoms with Crippen molar-refractivity contribution in [1.82, 2.24) is 4.90 Å². The summed E-state index contributed by atoms with van der Waals surface area (Å²) in [6.45, 7) is 8.48. The molecule has 0 amide bonds. The predicted octanol–water partition coefficient (Wildman–Crippen LogP) is 3.96. The van der Waals surface area contributed by atoms with Crippen molar-refractivity contribution in [2.45, 2.75) is 33.1 Å². The lowest BCUT2D eigenvalue weighted by Gasteiger charge is -2.20. The lowest BCUT2D eigenvalue weighted by atomic mass is 10.2. The third-order valence-corrected chi connectivity index (χ3v) is 3.27. The van der Waals surface area contributed by atoms with Crippen LogP contribution in [-0.2, 0) is 0 Å². The van der Waals surface area contributed by atoms with Crippen molar-refractivity contribution in [3.05, 3.63) is 29.8 Å². The number of benzene rings is 1.